The van der Waals surface area contributed by atoms with Crippen LogP contribution in [0.1, 0.15) is 75.6 Å². The molecule has 2 saturated carbocycles. The number of carbonyl (C=O) groups excluding carboxylic acids is 1. The van der Waals surface area contributed by atoms with Gasteiger partial charge in [-0.15, -0.1) is 0 Å². The van der Waals surface area contributed by atoms with Gasteiger partial charge in [0.25, 0.3) is 5.91 Å². The molecule has 1 aromatic carbocycles. The summed E-state index contributed by atoms with van der Waals surface area (Å²) in [5.74, 6) is 1.23. The minimum atomic E-state index is -0.158. The van der Waals surface area contributed by atoms with Gasteiger partial charge in [0.15, 0.2) is 0 Å². The van der Waals surface area contributed by atoms with Crippen molar-refractivity contribution in [1.82, 2.24) is 5.43 Å². The summed E-state index contributed by atoms with van der Waals surface area (Å²) < 4.78 is 0. The van der Waals surface area contributed by atoms with Crippen LogP contribution < -0.4 is 10.9 Å². The quantitative estimate of drug-likeness (QED) is 0.751. The molecule has 0 aliphatic heterocycles. The molecule has 0 saturated heterocycles. The number of anilines is 1. The molecule has 0 radical (unpaired) electrons. The average Bonchev–Trinajstić information content (AvgIpc) is 2.65. The van der Waals surface area contributed by atoms with Gasteiger partial charge in [0.05, 0.1) is 5.69 Å². The second-order valence-electron chi connectivity index (χ2n) is 7.89. The SMILES string of the molecule is C[C@@H]1CCC/C(=N/NC(=O)c2ccc(N/N=C3\CCC[C@H](C)C3)cc2)C1. The van der Waals surface area contributed by atoms with Crippen LogP contribution in [-0.4, -0.2) is 17.3 Å². The van der Waals surface area contributed by atoms with E-state index in [-0.39, 0.29) is 5.91 Å². The maximum Gasteiger partial charge on any atom is 0.271 e. The summed E-state index contributed by atoms with van der Waals surface area (Å²) in [4.78, 5) is 12.3. The van der Waals surface area contributed by atoms with E-state index in [1.807, 2.05) is 24.3 Å². The van der Waals surface area contributed by atoms with Crippen molar-refractivity contribution in [2.24, 2.45) is 22.0 Å². The summed E-state index contributed by atoms with van der Waals surface area (Å²) in [5, 5.41) is 8.84. The van der Waals surface area contributed by atoms with Gasteiger partial charge in [-0.25, -0.2) is 5.43 Å². The second-order valence-corrected chi connectivity index (χ2v) is 7.89. The lowest BCUT2D eigenvalue weighted by atomic mass is 9.89. The first-order chi connectivity index (χ1) is 12.6. The number of carbonyl (C=O) groups is 1. The van der Waals surface area contributed by atoms with Crippen molar-refractivity contribution < 1.29 is 4.79 Å². The number of nitrogens with zero attached hydrogens (tertiary/aromatic N) is 2. The Hall–Kier alpha value is -2.17. The van der Waals surface area contributed by atoms with Crippen LogP contribution >= 0.6 is 0 Å². The molecular formula is C21H30N4O. The highest BCUT2D eigenvalue weighted by atomic mass is 16.2. The summed E-state index contributed by atoms with van der Waals surface area (Å²) in [5.41, 5.74) is 9.68. The van der Waals surface area contributed by atoms with Crippen LogP contribution in [0.2, 0.25) is 0 Å². The predicted molar refractivity (Wildman–Crippen MR) is 108 cm³/mol. The molecule has 140 valence electrons. The minimum Gasteiger partial charge on any atom is -0.279 e. The van der Waals surface area contributed by atoms with Crippen molar-refractivity contribution in [3.05, 3.63) is 29.8 Å². The number of hydrogen-bond donors (Lipinski definition) is 2. The first-order valence-corrected chi connectivity index (χ1v) is 9.87. The van der Waals surface area contributed by atoms with Crippen LogP contribution in [0.3, 0.4) is 0 Å². The molecule has 2 atom stereocenters. The van der Waals surface area contributed by atoms with Crippen molar-refractivity contribution in [1.29, 1.82) is 0 Å². The molecule has 2 aliphatic rings. The largest absolute Gasteiger partial charge is 0.279 e. The maximum absolute atomic E-state index is 12.3. The molecule has 26 heavy (non-hydrogen) atoms. The zero-order valence-corrected chi connectivity index (χ0v) is 15.9. The lowest BCUT2D eigenvalue weighted by molar-refractivity contribution is 0.0954. The van der Waals surface area contributed by atoms with E-state index >= 15 is 0 Å². The van der Waals surface area contributed by atoms with Crippen molar-refractivity contribution in [3.8, 4) is 0 Å². The minimum absolute atomic E-state index is 0.158. The third-order valence-corrected chi connectivity index (χ3v) is 5.30. The van der Waals surface area contributed by atoms with E-state index in [4.69, 9.17) is 0 Å². The van der Waals surface area contributed by atoms with E-state index in [2.05, 4.69) is 34.9 Å². The maximum atomic E-state index is 12.3. The molecule has 1 amide bonds. The number of rotatable bonds is 4. The summed E-state index contributed by atoms with van der Waals surface area (Å²) in [6.45, 7) is 4.51. The van der Waals surface area contributed by atoms with Crippen molar-refractivity contribution in [3.63, 3.8) is 0 Å². The monoisotopic (exact) mass is 354 g/mol. The zero-order valence-electron chi connectivity index (χ0n) is 15.9. The molecule has 2 N–H and O–H groups in total. The fourth-order valence-corrected chi connectivity index (χ4v) is 3.76. The van der Waals surface area contributed by atoms with Crippen molar-refractivity contribution in [2.45, 2.75) is 65.2 Å². The fourth-order valence-electron chi connectivity index (χ4n) is 3.76. The fraction of sp³-hybridized carbons (Fsp3) is 0.571. The van der Waals surface area contributed by atoms with Gasteiger partial charge in [0.1, 0.15) is 0 Å². The van der Waals surface area contributed by atoms with Crippen LogP contribution in [0.15, 0.2) is 34.5 Å². The summed E-state index contributed by atoms with van der Waals surface area (Å²) in [6.07, 6.45) is 9.08. The third-order valence-electron chi connectivity index (χ3n) is 5.30. The van der Waals surface area contributed by atoms with Crippen LogP contribution in [0.25, 0.3) is 0 Å². The number of hydrazone groups is 2. The highest BCUT2D eigenvalue weighted by molar-refractivity contribution is 5.96. The average molecular weight is 354 g/mol. The van der Waals surface area contributed by atoms with Gasteiger partial charge >= 0.3 is 0 Å². The summed E-state index contributed by atoms with van der Waals surface area (Å²) in [7, 11) is 0. The van der Waals surface area contributed by atoms with Crippen molar-refractivity contribution in [2.75, 3.05) is 5.43 Å². The molecule has 0 aromatic heterocycles. The Kier molecular flexibility index (Phi) is 6.42. The van der Waals surface area contributed by atoms with Gasteiger partial charge in [-0.05, 0) is 87.5 Å². The molecule has 5 heteroatoms. The third kappa shape index (κ3) is 5.41. The molecule has 3 rings (SSSR count). The second kappa shape index (κ2) is 8.97. The smallest absolute Gasteiger partial charge is 0.271 e. The highest BCUT2D eigenvalue weighted by Gasteiger charge is 2.15. The molecule has 0 heterocycles. The Morgan fingerprint density at radius 2 is 1.50 bits per heavy atom. The molecule has 5 nitrogen and oxygen atoms in total. The molecule has 2 fully saturated rings. The number of hydrogen-bond acceptors (Lipinski definition) is 4. The molecule has 0 spiro atoms. The van der Waals surface area contributed by atoms with Crippen molar-refractivity contribution >= 4 is 23.0 Å². The molecule has 0 unspecified atom stereocenters. The van der Waals surface area contributed by atoms with Gasteiger partial charge in [-0.2, -0.15) is 10.2 Å². The van der Waals surface area contributed by atoms with E-state index in [0.717, 1.165) is 49.4 Å². The van der Waals surface area contributed by atoms with Gasteiger partial charge in [-0.3, -0.25) is 10.2 Å². The van der Waals surface area contributed by atoms with Crippen LogP contribution in [0.4, 0.5) is 5.69 Å². The highest BCUT2D eigenvalue weighted by Crippen LogP contribution is 2.22. The first-order valence-electron chi connectivity index (χ1n) is 9.87. The zero-order chi connectivity index (χ0) is 18.4. The van der Waals surface area contributed by atoms with Gasteiger partial charge in [0, 0.05) is 17.0 Å². The molecular weight excluding hydrogens is 324 g/mol. The Morgan fingerprint density at radius 3 is 2.08 bits per heavy atom. The van der Waals surface area contributed by atoms with E-state index in [1.54, 1.807) is 0 Å². The lowest BCUT2D eigenvalue weighted by Crippen LogP contribution is -2.22. The van der Waals surface area contributed by atoms with Crippen LogP contribution in [0, 0.1) is 11.8 Å². The van der Waals surface area contributed by atoms with E-state index in [9.17, 15) is 4.79 Å². The Bertz CT molecular complexity index is 678. The lowest BCUT2D eigenvalue weighted by Gasteiger charge is -2.19. The Morgan fingerprint density at radius 1 is 0.923 bits per heavy atom. The number of nitrogens with one attached hydrogen (secondary N) is 2. The first kappa shape index (κ1) is 18.6. The topological polar surface area (TPSA) is 65.8 Å². The van der Waals surface area contributed by atoms with E-state index in [0.29, 0.717) is 11.5 Å². The van der Waals surface area contributed by atoms with Gasteiger partial charge in [0.2, 0.25) is 0 Å². The number of amides is 1. The normalized spacial score (nSPS) is 26.7. The van der Waals surface area contributed by atoms with E-state index < -0.39 is 0 Å². The standard InChI is InChI=1S/C21H30N4O/c1-15-5-3-7-19(13-15)23-22-18-11-9-17(10-12-18)21(26)25-24-20-8-4-6-16(2)14-20/h9-12,15-16,22H,3-8,13-14H2,1-2H3,(H,25,26)/b23-19+,24-20-/t15-,16+/m0/s1. The molecule has 2 aliphatic carbocycles. The predicted octanol–water partition coefficient (Wildman–Crippen LogP) is 4.96. The van der Waals surface area contributed by atoms with Gasteiger partial charge < -0.3 is 0 Å². The van der Waals surface area contributed by atoms with Crippen LogP contribution in [0.5, 0.6) is 0 Å². The summed E-state index contributed by atoms with van der Waals surface area (Å²) >= 11 is 0. The Labute approximate surface area is 156 Å². The summed E-state index contributed by atoms with van der Waals surface area (Å²) in [6, 6.07) is 7.40. The van der Waals surface area contributed by atoms with Crippen LogP contribution in [-0.2, 0) is 0 Å². The Balaban J connectivity index is 1.52. The van der Waals surface area contributed by atoms with E-state index in [1.165, 1.54) is 25.0 Å². The molecule has 1 aromatic rings. The van der Waals surface area contributed by atoms with Gasteiger partial charge in [-0.1, -0.05) is 13.8 Å². The number of benzene rings is 1. The molecule has 0 bridgehead atoms.